The second-order valence-electron chi connectivity index (χ2n) is 5.81. The van der Waals surface area contributed by atoms with E-state index < -0.39 is 5.56 Å². The molecule has 2 aromatic heterocycles. The smallest absolute Gasteiger partial charge is 0.292 e. The highest BCUT2D eigenvalue weighted by Crippen LogP contribution is 2.14. The molecular weight excluding hydrogens is 388 g/mol. The SMILES string of the molecule is CNc1c(N)c(=O)n(CCO)n1CCO.Nc1c(N)n(CCO)n(CCO)c1=O. The largest absolute Gasteiger partial charge is 0.394 e. The Morgan fingerprint density at radius 3 is 1.52 bits per heavy atom. The molecule has 0 amide bonds. The van der Waals surface area contributed by atoms with Gasteiger partial charge in [-0.3, -0.25) is 19.0 Å². The molecule has 2 heterocycles. The van der Waals surface area contributed by atoms with Crippen LogP contribution in [0.15, 0.2) is 9.59 Å². The fraction of sp³-hybridized carbons (Fsp3) is 0.600. The predicted octanol–water partition coefficient (Wildman–Crippen LogP) is -3.94. The molecular formula is C15H30N8O6. The lowest BCUT2D eigenvalue weighted by atomic mass is 10.5. The van der Waals surface area contributed by atoms with E-state index in [1.807, 2.05) is 0 Å². The van der Waals surface area contributed by atoms with Crippen LogP contribution >= 0.6 is 0 Å². The Labute approximate surface area is 165 Å². The molecule has 29 heavy (non-hydrogen) atoms. The lowest BCUT2D eigenvalue weighted by Gasteiger charge is -2.12. The summed E-state index contributed by atoms with van der Waals surface area (Å²) < 4.78 is 5.39. The van der Waals surface area contributed by atoms with Crippen molar-refractivity contribution < 1.29 is 20.4 Å². The maximum atomic E-state index is 11.6. The van der Waals surface area contributed by atoms with Crippen LogP contribution in [0.4, 0.5) is 23.0 Å². The third kappa shape index (κ3) is 5.11. The van der Waals surface area contributed by atoms with Gasteiger partial charge in [0.2, 0.25) is 0 Å². The first-order chi connectivity index (χ1) is 13.8. The molecule has 0 aliphatic heterocycles. The van der Waals surface area contributed by atoms with Crippen molar-refractivity contribution in [2.75, 3.05) is 56.0 Å². The number of nitrogens with two attached hydrogens (primary N) is 3. The van der Waals surface area contributed by atoms with E-state index in [-0.39, 0.29) is 75.4 Å². The Bertz CT molecular complexity index is 896. The van der Waals surface area contributed by atoms with E-state index in [9.17, 15) is 9.59 Å². The van der Waals surface area contributed by atoms with E-state index in [1.165, 1.54) is 18.7 Å². The van der Waals surface area contributed by atoms with Gasteiger partial charge in [-0.2, -0.15) is 0 Å². The van der Waals surface area contributed by atoms with E-state index in [2.05, 4.69) is 5.32 Å². The standard InChI is InChI=1S/C8H16N4O3.C7H14N4O3/c1-10-7-6(9)8(15)12(3-5-14)11(7)2-4-13;8-5-6(9)10(1-3-12)11(2-4-13)7(5)14/h10,13-14H,2-5,9H2,1H3;12-13H,1-4,8-9H2. The summed E-state index contributed by atoms with van der Waals surface area (Å²) in [6.45, 7) is 0.106. The third-order valence-electron chi connectivity index (χ3n) is 4.06. The van der Waals surface area contributed by atoms with Gasteiger partial charge in [0.1, 0.15) is 23.0 Å². The van der Waals surface area contributed by atoms with Crippen molar-refractivity contribution in [3.05, 3.63) is 20.7 Å². The van der Waals surface area contributed by atoms with Gasteiger partial charge in [-0.25, -0.2) is 9.36 Å². The maximum absolute atomic E-state index is 11.6. The van der Waals surface area contributed by atoms with E-state index in [0.29, 0.717) is 5.82 Å². The van der Waals surface area contributed by atoms with E-state index in [1.54, 1.807) is 7.05 Å². The molecule has 0 unspecified atom stereocenters. The number of aromatic nitrogens is 4. The first kappa shape index (κ1) is 24.1. The van der Waals surface area contributed by atoms with Crippen LogP contribution in [-0.4, -0.2) is 72.6 Å². The Hall–Kier alpha value is -2.94. The summed E-state index contributed by atoms with van der Waals surface area (Å²) >= 11 is 0. The molecule has 2 rings (SSSR count). The van der Waals surface area contributed by atoms with Crippen molar-refractivity contribution in [3.8, 4) is 0 Å². The summed E-state index contributed by atoms with van der Waals surface area (Å²) in [5.74, 6) is 0.583. The van der Waals surface area contributed by atoms with Gasteiger partial charge in [0, 0.05) is 7.05 Å². The minimum absolute atomic E-state index is 0.0492. The van der Waals surface area contributed by atoms with Gasteiger partial charge in [-0.15, -0.1) is 0 Å². The Morgan fingerprint density at radius 1 is 0.690 bits per heavy atom. The fourth-order valence-corrected chi connectivity index (χ4v) is 2.80. The molecule has 11 N–H and O–H groups in total. The number of aliphatic hydroxyl groups excluding tert-OH is 4. The highest BCUT2D eigenvalue weighted by Gasteiger charge is 2.15. The molecule has 166 valence electrons. The lowest BCUT2D eigenvalue weighted by molar-refractivity contribution is 0.230. The number of hydrogen-bond donors (Lipinski definition) is 8. The average Bonchev–Trinajstić information content (AvgIpc) is 3.04. The predicted molar refractivity (Wildman–Crippen MR) is 109 cm³/mol. The average molecular weight is 418 g/mol. The van der Waals surface area contributed by atoms with Gasteiger partial charge in [-0.1, -0.05) is 0 Å². The Kier molecular flexibility index (Phi) is 9.27. The number of hydrogen-bond acceptors (Lipinski definition) is 10. The number of nitrogens with zero attached hydrogens (tertiary/aromatic N) is 4. The molecule has 0 fully saturated rings. The molecule has 0 aliphatic carbocycles. The molecule has 14 heteroatoms. The molecule has 0 aliphatic rings. The van der Waals surface area contributed by atoms with Gasteiger partial charge in [0.15, 0.2) is 0 Å². The van der Waals surface area contributed by atoms with Crippen molar-refractivity contribution in [2.45, 2.75) is 26.2 Å². The number of rotatable bonds is 9. The molecule has 0 saturated heterocycles. The van der Waals surface area contributed by atoms with Crippen LogP contribution in [0.1, 0.15) is 0 Å². The lowest BCUT2D eigenvalue weighted by Crippen LogP contribution is -2.26. The molecule has 0 spiro atoms. The second kappa shape index (κ2) is 11.2. The van der Waals surface area contributed by atoms with Crippen LogP contribution in [0, 0.1) is 0 Å². The van der Waals surface area contributed by atoms with Crippen LogP contribution in [0.5, 0.6) is 0 Å². The van der Waals surface area contributed by atoms with E-state index in [0.717, 1.165) is 0 Å². The number of anilines is 4. The summed E-state index contributed by atoms with van der Waals surface area (Å²) in [5.41, 5.74) is 15.8. The molecule has 0 radical (unpaired) electrons. The van der Waals surface area contributed by atoms with Crippen LogP contribution in [0.25, 0.3) is 0 Å². The van der Waals surface area contributed by atoms with Crippen LogP contribution in [0.3, 0.4) is 0 Å². The zero-order valence-corrected chi connectivity index (χ0v) is 16.3. The quantitative estimate of drug-likeness (QED) is 0.197. The van der Waals surface area contributed by atoms with E-state index in [4.69, 9.17) is 37.6 Å². The summed E-state index contributed by atoms with van der Waals surface area (Å²) in [6, 6.07) is 0. The van der Waals surface area contributed by atoms with Crippen molar-refractivity contribution in [1.82, 2.24) is 18.7 Å². The second-order valence-corrected chi connectivity index (χ2v) is 5.81. The summed E-state index contributed by atoms with van der Waals surface area (Å²) in [4.78, 5) is 23.0. The number of nitrogen functional groups attached to an aromatic ring is 3. The summed E-state index contributed by atoms with van der Waals surface area (Å²) in [7, 11) is 1.64. The van der Waals surface area contributed by atoms with Gasteiger partial charge in [-0.05, 0) is 0 Å². The Morgan fingerprint density at radius 2 is 1.07 bits per heavy atom. The van der Waals surface area contributed by atoms with Gasteiger partial charge >= 0.3 is 0 Å². The highest BCUT2D eigenvalue weighted by molar-refractivity contribution is 5.60. The topological polar surface area (TPSA) is 225 Å². The zero-order chi connectivity index (χ0) is 22.1. The first-order valence-electron chi connectivity index (χ1n) is 8.85. The minimum atomic E-state index is -0.440. The molecule has 0 bridgehead atoms. The van der Waals surface area contributed by atoms with E-state index >= 15 is 0 Å². The zero-order valence-electron chi connectivity index (χ0n) is 16.3. The highest BCUT2D eigenvalue weighted by atomic mass is 16.3. The fourth-order valence-electron chi connectivity index (χ4n) is 2.80. The van der Waals surface area contributed by atoms with Crippen molar-refractivity contribution >= 4 is 23.0 Å². The molecule has 0 saturated carbocycles. The normalized spacial score (nSPS) is 10.7. The van der Waals surface area contributed by atoms with Gasteiger partial charge in [0.25, 0.3) is 11.1 Å². The number of nitrogens with one attached hydrogen (secondary N) is 1. The van der Waals surface area contributed by atoms with Gasteiger partial charge in [0.05, 0.1) is 52.6 Å². The first-order valence-corrected chi connectivity index (χ1v) is 8.85. The minimum Gasteiger partial charge on any atom is -0.394 e. The van der Waals surface area contributed by atoms with Crippen molar-refractivity contribution in [1.29, 1.82) is 0 Å². The summed E-state index contributed by atoms with van der Waals surface area (Å²) in [6.07, 6.45) is 0. The molecule has 0 atom stereocenters. The van der Waals surface area contributed by atoms with Crippen molar-refractivity contribution in [3.63, 3.8) is 0 Å². The monoisotopic (exact) mass is 418 g/mol. The van der Waals surface area contributed by atoms with Crippen LogP contribution in [0.2, 0.25) is 0 Å². The third-order valence-corrected chi connectivity index (χ3v) is 4.06. The molecule has 0 aromatic carbocycles. The summed E-state index contributed by atoms with van der Waals surface area (Å²) in [5, 5.41) is 37.9. The van der Waals surface area contributed by atoms with Crippen molar-refractivity contribution in [2.24, 2.45) is 0 Å². The van der Waals surface area contributed by atoms with Crippen LogP contribution in [-0.2, 0) is 26.2 Å². The van der Waals surface area contributed by atoms with Crippen LogP contribution < -0.4 is 33.6 Å². The van der Waals surface area contributed by atoms with Gasteiger partial charge < -0.3 is 42.9 Å². The maximum Gasteiger partial charge on any atom is 0.292 e. The molecule has 2 aromatic rings. The Balaban J connectivity index is 0.000000291. The molecule has 14 nitrogen and oxygen atoms in total. The number of aliphatic hydroxyl groups is 4.